The van der Waals surface area contributed by atoms with Gasteiger partial charge in [0.25, 0.3) is 5.91 Å². The molecule has 1 aliphatic rings. The third-order valence-corrected chi connectivity index (χ3v) is 5.57. The summed E-state index contributed by atoms with van der Waals surface area (Å²) in [6.45, 7) is 5.54. The molecule has 0 saturated heterocycles. The van der Waals surface area contributed by atoms with Gasteiger partial charge in [0.1, 0.15) is 11.1 Å². The Bertz CT molecular complexity index is 932. The predicted octanol–water partition coefficient (Wildman–Crippen LogP) is 3.87. The molecule has 1 N–H and O–H groups in total. The topological polar surface area (TPSA) is 92.3 Å². The number of furan rings is 1. The van der Waals surface area contributed by atoms with Gasteiger partial charge in [-0.25, -0.2) is 0 Å². The number of hydrogen-bond donors (Lipinski definition) is 1. The lowest BCUT2D eigenvalue weighted by Crippen LogP contribution is -2.52. The lowest BCUT2D eigenvalue weighted by Gasteiger charge is -2.32. The number of nitrogens with zero attached hydrogens (tertiary/aromatic N) is 1. The van der Waals surface area contributed by atoms with Crippen LogP contribution >= 0.6 is 0 Å². The van der Waals surface area contributed by atoms with Gasteiger partial charge in [-0.2, -0.15) is 5.26 Å². The van der Waals surface area contributed by atoms with Gasteiger partial charge in [-0.05, 0) is 56.9 Å². The van der Waals surface area contributed by atoms with E-state index in [-0.39, 0.29) is 6.42 Å². The van der Waals surface area contributed by atoms with Crippen molar-refractivity contribution in [2.75, 3.05) is 0 Å². The summed E-state index contributed by atoms with van der Waals surface area (Å²) in [4.78, 5) is 24.8. The van der Waals surface area contributed by atoms with Crippen molar-refractivity contribution >= 4 is 22.8 Å². The molecule has 0 bridgehead atoms. The molecule has 1 heterocycles. The minimum absolute atomic E-state index is 0.0243. The van der Waals surface area contributed by atoms with E-state index in [4.69, 9.17) is 9.15 Å². The molecule has 6 nitrogen and oxygen atoms in total. The van der Waals surface area contributed by atoms with Gasteiger partial charge < -0.3 is 14.5 Å². The zero-order valence-corrected chi connectivity index (χ0v) is 16.6. The fraction of sp³-hybridized carbons (Fsp3) is 0.500. The summed E-state index contributed by atoms with van der Waals surface area (Å²) in [6, 6.07) is 6.18. The monoisotopic (exact) mass is 382 g/mol. The molecule has 2 aromatic rings. The van der Waals surface area contributed by atoms with Crippen LogP contribution in [0.2, 0.25) is 0 Å². The number of nitrogens with one attached hydrogen (secondary N) is 1. The minimum Gasteiger partial charge on any atom is -0.464 e. The van der Waals surface area contributed by atoms with Gasteiger partial charge in [-0.15, -0.1) is 0 Å². The lowest BCUT2D eigenvalue weighted by molar-refractivity contribution is -0.154. The van der Waals surface area contributed by atoms with Crippen LogP contribution < -0.4 is 5.32 Å². The molecule has 148 valence electrons. The minimum atomic E-state index is -0.957. The number of fused-ring (bicyclic) bond motifs is 1. The van der Waals surface area contributed by atoms with E-state index in [9.17, 15) is 14.9 Å². The maximum absolute atomic E-state index is 12.4. The van der Waals surface area contributed by atoms with E-state index in [1.54, 1.807) is 6.26 Å². The fourth-order valence-electron chi connectivity index (χ4n) is 3.68. The first-order chi connectivity index (χ1) is 13.3. The summed E-state index contributed by atoms with van der Waals surface area (Å²) >= 11 is 0. The molecule has 0 aliphatic heterocycles. The second kappa shape index (κ2) is 8.05. The fourth-order valence-corrected chi connectivity index (χ4v) is 3.68. The standard InChI is InChI=1S/C22H26N2O4/c1-14-9-18-17(12-27-19(18)10-15(14)2)11-20(25)28-16(3)21(26)24-22(13-23)7-5-4-6-8-22/h9-10,12,16H,4-8,11H2,1-3H3,(H,24,26). The SMILES string of the molecule is Cc1cc2occ(CC(=O)OC(C)C(=O)NC3(C#N)CCCCC3)c2cc1C. The molecule has 1 saturated carbocycles. The van der Waals surface area contributed by atoms with Crippen molar-refractivity contribution in [2.24, 2.45) is 0 Å². The first kappa shape index (κ1) is 19.9. The maximum Gasteiger partial charge on any atom is 0.311 e. The molecule has 1 atom stereocenters. The van der Waals surface area contributed by atoms with Crippen molar-refractivity contribution in [1.82, 2.24) is 5.32 Å². The summed E-state index contributed by atoms with van der Waals surface area (Å²) < 4.78 is 10.9. The quantitative estimate of drug-likeness (QED) is 0.793. The van der Waals surface area contributed by atoms with Crippen molar-refractivity contribution < 1.29 is 18.7 Å². The number of rotatable bonds is 5. The highest BCUT2D eigenvalue weighted by molar-refractivity contribution is 5.88. The normalized spacial score (nSPS) is 16.9. The van der Waals surface area contributed by atoms with Gasteiger partial charge in [0.05, 0.1) is 18.8 Å². The van der Waals surface area contributed by atoms with Crippen molar-refractivity contribution in [2.45, 2.75) is 70.9 Å². The molecule has 6 heteroatoms. The number of aryl methyl sites for hydroxylation is 2. The summed E-state index contributed by atoms with van der Waals surface area (Å²) in [6.07, 6.45) is 4.79. The van der Waals surface area contributed by atoms with Crippen LogP contribution in [0, 0.1) is 25.2 Å². The molecule has 1 aromatic carbocycles. The number of hydrogen-bond acceptors (Lipinski definition) is 5. The molecule has 3 rings (SSSR count). The summed E-state index contributed by atoms with van der Waals surface area (Å²) in [7, 11) is 0. The van der Waals surface area contributed by atoms with E-state index in [0.717, 1.165) is 46.9 Å². The van der Waals surface area contributed by atoms with Gasteiger partial charge in [-0.1, -0.05) is 19.3 Å². The number of carbonyl (C=O) groups excluding carboxylic acids is 2. The third kappa shape index (κ3) is 4.19. The Kier molecular flexibility index (Phi) is 5.73. The smallest absolute Gasteiger partial charge is 0.311 e. The average molecular weight is 382 g/mol. The summed E-state index contributed by atoms with van der Waals surface area (Å²) in [5.41, 5.74) is 2.86. The second-order valence-corrected chi connectivity index (χ2v) is 7.75. The van der Waals surface area contributed by atoms with Crippen molar-refractivity contribution in [3.63, 3.8) is 0 Å². The number of benzene rings is 1. The highest BCUT2D eigenvalue weighted by Crippen LogP contribution is 2.28. The van der Waals surface area contributed by atoms with Crippen molar-refractivity contribution in [1.29, 1.82) is 5.26 Å². The van der Waals surface area contributed by atoms with E-state index in [1.807, 2.05) is 26.0 Å². The van der Waals surface area contributed by atoms with Gasteiger partial charge in [0.2, 0.25) is 0 Å². The Morgan fingerprint density at radius 3 is 2.61 bits per heavy atom. The Labute approximate surface area is 164 Å². The zero-order valence-electron chi connectivity index (χ0n) is 16.6. The van der Waals surface area contributed by atoms with E-state index in [2.05, 4.69) is 11.4 Å². The van der Waals surface area contributed by atoms with Crippen LogP contribution in [0.5, 0.6) is 0 Å². The molecular weight excluding hydrogens is 356 g/mol. The molecule has 28 heavy (non-hydrogen) atoms. The molecule has 1 amide bonds. The number of nitriles is 1. The van der Waals surface area contributed by atoms with Crippen molar-refractivity contribution in [3.8, 4) is 6.07 Å². The Balaban J connectivity index is 1.62. The molecular formula is C22H26N2O4. The summed E-state index contributed by atoms with van der Waals surface area (Å²) in [5, 5.41) is 13.2. The molecule has 1 aromatic heterocycles. The van der Waals surface area contributed by atoms with E-state index in [0.29, 0.717) is 12.8 Å². The molecule has 0 spiro atoms. The predicted molar refractivity (Wildman–Crippen MR) is 105 cm³/mol. The Hall–Kier alpha value is -2.81. The van der Waals surface area contributed by atoms with Gasteiger partial charge in [0.15, 0.2) is 6.10 Å². The number of carbonyl (C=O) groups is 2. The van der Waals surface area contributed by atoms with Gasteiger partial charge in [0, 0.05) is 10.9 Å². The Morgan fingerprint density at radius 2 is 1.93 bits per heavy atom. The zero-order chi connectivity index (χ0) is 20.3. The van der Waals surface area contributed by atoms with Gasteiger partial charge >= 0.3 is 5.97 Å². The summed E-state index contributed by atoms with van der Waals surface area (Å²) in [5.74, 6) is -0.932. The van der Waals surface area contributed by atoms with Crippen LogP contribution in [0.4, 0.5) is 0 Å². The largest absolute Gasteiger partial charge is 0.464 e. The molecule has 0 radical (unpaired) electrons. The Morgan fingerprint density at radius 1 is 1.25 bits per heavy atom. The first-order valence-corrected chi connectivity index (χ1v) is 9.74. The number of amides is 1. The van der Waals surface area contributed by atoms with E-state index >= 15 is 0 Å². The van der Waals surface area contributed by atoms with E-state index < -0.39 is 23.5 Å². The molecule has 1 fully saturated rings. The third-order valence-electron chi connectivity index (χ3n) is 5.57. The molecule has 1 aliphatic carbocycles. The highest BCUT2D eigenvalue weighted by Gasteiger charge is 2.35. The van der Waals surface area contributed by atoms with Gasteiger partial charge in [-0.3, -0.25) is 9.59 Å². The molecule has 1 unspecified atom stereocenters. The maximum atomic E-state index is 12.4. The number of esters is 1. The average Bonchev–Trinajstić information content (AvgIpc) is 3.04. The highest BCUT2D eigenvalue weighted by atomic mass is 16.5. The second-order valence-electron chi connectivity index (χ2n) is 7.75. The van der Waals surface area contributed by atoms with E-state index in [1.165, 1.54) is 6.92 Å². The van der Waals surface area contributed by atoms with Crippen LogP contribution in [0.1, 0.15) is 55.7 Å². The van der Waals surface area contributed by atoms with Crippen LogP contribution in [0.15, 0.2) is 22.8 Å². The number of ether oxygens (including phenoxy) is 1. The van der Waals surface area contributed by atoms with Crippen molar-refractivity contribution in [3.05, 3.63) is 35.1 Å². The van der Waals surface area contributed by atoms with Crippen LogP contribution in [0.3, 0.4) is 0 Å². The van der Waals surface area contributed by atoms with Crippen LogP contribution in [-0.4, -0.2) is 23.5 Å². The first-order valence-electron chi connectivity index (χ1n) is 9.74. The van der Waals surface area contributed by atoms with Crippen LogP contribution in [-0.2, 0) is 20.7 Å². The van der Waals surface area contributed by atoms with Crippen LogP contribution in [0.25, 0.3) is 11.0 Å². The lowest BCUT2D eigenvalue weighted by atomic mass is 9.83.